The molecule has 1 rings (SSSR count). The highest BCUT2D eigenvalue weighted by molar-refractivity contribution is 5.79. The average molecular weight is 142 g/mol. The van der Waals surface area contributed by atoms with E-state index in [2.05, 4.69) is 0 Å². The number of rotatable bonds is 2. The summed E-state index contributed by atoms with van der Waals surface area (Å²) >= 11 is 0. The Labute approximate surface area is 57.5 Å². The van der Waals surface area contributed by atoms with Crippen molar-refractivity contribution in [3.63, 3.8) is 0 Å². The predicted molar refractivity (Wildman–Crippen MR) is 26.2 cm³/mol. The Bertz CT molecular complexity index is 155. The first-order valence-corrected chi connectivity index (χ1v) is 3.04. The summed E-state index contributed by atoms with van der Waals surface area (Å²) in [6.07, 6.45) is 0.808. The first kappa shape index (κ1) is 7.05. The molecule has 10 heavy (non-hydrogen) atoms. The van der Waals surface area contributed by atoms with Crippen LogP contribution >= 0.6 is 0 Å². The Morgan fingerprint density at radius 1 is 1.00 bits per heavy atom. The molecule has 0 radical (unpaired) electrons. The van der Waals surface area contributed by atoms with E-state index in [1.54, 1.807) is 0 Å². The molecule has 0 aromatic rings. The molecule has 2 atom stereocenters. The lowest BCUT2D eigenvalue weighted by Gasteiger charge is -2.37. The van der Waals surface area contributed by atoms with E-state index in [1.165, 1.54) is 0 Å². The molecular weight excluding hydrogens is 136 g/mol. The summed E-state index contributed by atoms with van der Waals surface area (Å²) in [5, 5.41) is 20.2. The molecule has 1 aliphatic rings. The van der Waals surface area contributed by atoms with Gasteiger partial charge in [-0.25, -0.2) is 0 Å². The number of carboxylic acids is 2. The van der Waals surface area contributed by atoms with E-state index in [0.717, 1.165) is 0 Å². The molecule has 56 valence electrons. The molecule has 0 spiro atoms. The molecule has 1 aliphatic carbocycles. The van der Waals surface area contributed by atoms with E-state index in [4.69, 9.17) is 0 Å². The zero-order valence-electron chi connectivity index (χ0n) is 5.20. The van der Waals surface area contributed by atoms with Crippen LogP contribution in [-0.4, -0.2) is 11.9 Å². The molecule has 4 nitrogen and oxygen atoms in total. The average Bonchev–Trinajstić information content (AvgIpc) is 1.56. The summed E-state index contributed by atoms with van der Waals surface area (Å²) in [6.45, 7) is 0. The summed E-state index contributed by atoms with van der Waals surface area (Å²) in [7, 11) is 0. The van der Waals surface area contributed by atoms with Crippen molar-refractivity contribution in [3.05, 3.63) is 0 Å². The van der Waals surface area contributed by atoms with E-state index in [9.17, 15) is 19.8 Å². The zero-order chi connectivity index (χ0) is 7.72. The van der Waals surface area contributed by atoms with Crippen molar-refractivity contribution >= 4 is 11.9 Å². The van der Waals surface area contributed by atoms with E-state index in [1.807, 2.05) is 0 Å². The van der Waals surface area contributed by atoms with Gasteiger partial charge in [-0.2, -0.15) is 0 Å². The second-order valence-electron chi connectivity index (χ2n) is 2.43. The van der Waals surface area contributed by atoms with Gasteiger partial charge in [-0.15, -0.1) is 0 Å². The second kappa shape index (κ2) is 2.28. The maximum absolute atomic E-state index is 10.1. The van der Waals surface area contributed by atoms with Crippen LogP contribution in [0.4, 0.5) is 0 Å². The fourth-order valence-corrected chi connectivity index (χ4v) is 1.06. The molecule has 4 heteroatoms. The van der Waals surface area contributed by atoms with Crippen LogP contribution in [0.3, 0.4) is 0 Å². The molecule has 0 aromatic heterocycles. The fraction of sp³-hybridized carbons (Fsp3) is 0.667. The quantitative estimate of drug-likeness (QED) is 0.427. The Morgan fingerprint density at radius 2 is 1.30 bits per heavy atom. The molecule has 0 N–H and O–H groups in total. The van der Waals surface area contributed by atoms with E-state index >= 15 is 0 Å². The fourth-order valence-electron chi connectivity index (χ4n) is 1.06. The molecule has 0 aliphatic heterocycles. The molecular formula is C6H6O4-2. The van der Waals surface area contributed by atoms with Crippen LogP contribution in [0.25, 0.3) is 0 Å². The smallest absolute Gasteiger partial charge is 0.0451 e. The van der Waals surface area contributed by atoms with Gasteiger partial charge in [0.25, 0.3) is 0 Å². The standard InChI is InChI=1S/C6H8O4/c7-5(8)3-1-2-4(3)6(9)10/h3-4H,1-2H2,(H,7,8)(H,9,10)/p-2. The van der Waals surface area contributed by atoms with Crippen LogP contribution in [0.2, 0.25) is 0 Å². The molecule has 2 unspecified atom stereocenters. The van der Waals surface area contributed by atoms with Gasteiger partial charge in [-0.1, -0.05) is 0 Å². The largest absolute Gasteiger partial charge is 0.550 e. The Kier molecular flexibility index (Phi) is 1.61. The second-order valence-corrected chi connectivity index (χ2v) is 2.43. The number of carboxylic acid groups (broad SMARTS) is 2. The maximum atomic E-state index is 10.1. The minimum Gasteiger partial charge on any atom is -0.550 e. The van der Waals surface area contributed by atoms with Crippen molar-refractivity contribution in [1.82, 2.24) is 0 Å². The molecule has 1 fully saturated rings. The van der Waals surface area contributed by atoms with Crippen molar-refractivity contribution < 1.29 is 19.8 Å². The van der Waals surface area contributed by atoms with Crippen molar-refractivity contribution in [1.29, 1.82) is 0 Å². The van der Waals surface area contributed by atoms with Gasteiger partial charge in [0.05, 0.1) is 0 Å². The SMILES string of the molecule is O=C([O-])C1CCC1C(=O)[O-]. The molecule has 0 aromatic carbocycles. The van der Waals surface area contributed by atoms with E-state index in [-0.39, 0.29) is 0 Å². The van der Waals surface area contributed by atoms with Gasteiger partial charge < -0.3 is 19.8 Å². The Hall–Kier alpha value is -1.06. The van der Waals surface area contributed by atoms with Crippen LogP contribution in [0.15, 0.2) is 0 Å². The highest BCUT2D eigenvalue weighted by Gasteiger charge is 2.32. The Morgan fingerprint density at radius 3 is 1.40 bits per heavy atom. The van der Waals surface area contributed by atoms with Crippen molar-refractivity contribution in [2.45, 2.75) is 12.8 Å². The van der Waals surface area contributed by atoms with Crippen molar-refractivity contribution in [2.75, 3.05) is 0 Å². The van der Waals surface area contributed by atoms with E-state index in [0.29, 0.717) is 12.8 Å². The highest BCUT2D eigenvalue weighted by Crippen LogP contribution is 2.32. The van der Waals surface area contributed by atoms with Gasteiger partial charge in [-0.3, -0.25) is 0 Å². The Balaban J connectivity index is 2.51. The number of hydrogen-bond acceptors (Lipinski definition) is 4. The van der Waals surface area contributed by atoms with Gasteiger partial charge in [0, 0.05) is 23.8 Å². The van der Waals surface area contributed by atoms with Gasteiger partial charge >= 0.3 is 0 Å². The van der Waals surface area contributed by atoms with Crippen LogP contribution < -0.4 is 10.2 Å². The summed E-state index contributed by atoms with van der Waals surface area (Å²) < 4.78 is 0. The first-order valence-electron chi connectivity index (χ1n) is 3.04. The van der Waals surface area contributed by atoms with Crippen molar-refractivity contribution in [3.8, 4) is 0 Å². The first-order chi connectivity index (χ1) is 4.63. The number of carbonyl (C=O) groups is 2. The minimum absolute atomic E-state index is 0.404. The van der Waals surface area contributed by atoms with Gasteiger partial charge in [0.1, 0.15) is 0 Å². The minimum atomic E-state index is -1.28. The van der Waals surface area contributed by atoms with Crippen LogP contribution in [0.5, 0.6) is 0 Å². The highest BCUT2D eigenvalue weighted by atomic mass is 16.4. The number of aliphatic carboxylic acids is 2. The van der Waals surface area contributed by atoms with E-state index < -0.39 is 23.8 Å². The summed E-state index contributed by atoms with van der Waals surface area (Å²) in [6, 6.07) is 0. The molecule has 0 bridgehead atoms. The number of hydrogen-bond donors (Lipinski definition) is 0. The van der Waals surface area contributed by atoms with Gasteiger partial charge in [0.15, 0.2) is 0 Å². The van der Waals surface area contributed by atoms with Crippen LogP contribution in [-0.2, 0) is 9.59 Å². The summed E-state index contributed by atoms with van der Waals surface area (Å²) in [4.78, 5) is 20.2. The third-order valence-electron chi connectivity index (χ3n) is 1.88. The summed E-state index contributed by atoms with van der Waals surface area (Å²) in [5.41, 5.74) is 0. The maximum Gasteiger partial charge on any atom is 0.0451 e. The van der Waals surface area contributed by atoms with Crippen molar-refractivity contribution in [2.24, 2.45) is 11.8 Å². The predicted octanol–water partition coefficient (Wildman–Crippen LogP) is -2.49. The zero-order valence-corrected chi connectivity index (χ0v) is 5.20. The van der Waals surface area contributed by atoms with Gasteiger partial charge in [-0.05, 0) is 12.8 Å². The molecule has 0 amide bonds. The normalized spacial score (nSPS) is 30.8. The lowest BCUT2D eigenvalue weighted by atomic mass is 9.74. The number of carbonyl (C=O) groups excluding carboxylic acids is 2. The third-order valence-corrected chi connectivity index (χ3v) is 1.88. The van der Waals surface area contributed by atoms with Crippen LogP contribution in [0.1, 0.15) is 12.8 Å². The van der Waals surface area contributed by atoms with Crippen LogP contribution in [0, 0.1) is 11.8 Å². The molecule has 0 heterocycles. The third kappa shape index (κ3) is 0.964. The molecule has 0 saturated heterocycles. The molecule has 1 saturated carbocycles. The lowest BCUT2D eigenvalue weighted by Crippen LogP contribution is -2.49. The van der Waals surface area contributed by atoms with Gasteiger partial charge in [0.2, 0.25) is 0 Å². The lowest BCUT2D eigenvalue weighted by molar-refractivity contribution is -0.332. The topological polar surface area (TPSA) is 80.3 Å². The monoisotopic (exact) mass is 142 g/mol. The summed E-state index contributed by atoms with van der Waals surface area (Å²) in [5.74, 6) is -4.18.